The molecule has 24 heavy (non-hydrogen) atoms. The van der Waals surface area contributed by atoms with Crippen LogP contribution in [0, 0.1) is 0 Å². The van der Waals surface area contributed by atoms with E-state index in [1.54, 1.807) is 24.3 Å². The summed E-state index contributed by atoms with van der Waals surface area (Å²) >= 11 is 5.99. The molecule has 0 aliphatic rings. The number of aromatic carboxylic acids is 1. The number of hydrogen-bond donors (Lipinski definition) is 1. The van der Waals surface area contributed by atoms with E-state index in [9.17, 15) is 9.90 Å². The molecule has 1 N–H and O–H groups in total. The smallest absolute Gasteiger partial charge is 0.336 e. The Morgan fingerprint density at radius 2 is 1.92 bits per heavy atom. The first-order valence-electron chi connectivity index (χ1n) is 7.55. The summed E-state index contributed by atoms with van der Waals surface area (Å²) < 4.78 is 5.82. The topological polar surface area (TPSA) is 59.4 Å². The van der Waals surface area contributed by atoms with Gasteiger partial charge in [0.15, 0.2) is 0 Å². The summed E-state index contributed by atoms with van der Waals surface area (Å²) in [6, 6.07) is 14.1. The van der Waals surface area contributed by atoms with Crippen molar-refractivity contribution in [3.05, 3.63) is 59.1 Å². The summed E-state index contributed by atoms with van der Waals surface area (Å²) in [5.74, 6) is -0.349. The minimum atomic E-state index is -1.02. The minimum Gasteiger partial charge on any atom is -0.490 e. The van der Waals surface area contributed by atoms with E-state index in [0.29, 0.717) is 27.4 Å². The molecule has 0 saturated carbocycles. The first kappa shape index (κ1) is 16.3. The number of carboxylic acid groups (broad SMARTS) is 1. The molecule has 0 atom stereocenters. The highest BCUT2D eigenvalue weighted by molar-refractivity contribution is 6.31. The largest absolute Gasteiger partial charge is 0.490 e. The summed E-state index contributed by atoms with van der Waals surface area (Å²) in [5, 5.41) is 10.5. The van der Waals surface area contributed by atoms with E-state index in [-0.39, 0.29) is 11.7 Å². The molecule has 0 spiro atoms. The third-order valence-electron chi connectivity index (χ3n) is 3.53. The van der Waals surface area contributed by atoms with Crippen molar-refractivity contribution >= 4 is 28.5 Å². The van der Waals surface area contributed by atoms with Gasteiger partial charge in [-0.05, 0) is 50.2 Å². The highest BCUT2D eigenvalue weighted by Crippen LogP contribution is 2.32. The van der Waals surface area contributed by atoms with Crippen molar-refractivity contribution in [2.45, 2.75) is 20.0 Å². The Balaban J connectivity index is 2.25. The van der Waals surface area contributed by atoms with Crippen LogP contribution in [-0.4, -0.2) is 22.2 Å². The zero-order valence-electron chi connectivity index (χ0n) is 13.3. The van der Waals surface area contributed by atoms with Crippen molar-refractivity contribution in [1.29, 1.82) is 0 Å². The van der Waals surface area contributed by atoms with Crippen LogP contribution in [-0.2, 0) is 0 Å². The maximum absolute atomic E-state index is 11.7. The molecular formula is C19H16ClNO3. The number of nitrogens with zero attached hydrogens (tertiary/aromatic N) is 1. The van der Waals surface area contributed by atoms with Gasteiger partial charge in [-0.25, -0.2) is 9.78 Å². The lowest BCUT2D eigenvalue weighted by Crippen LogP contribution is -2.07. The van der Waals surface area contributed by atoms with Crippen LogP contribution in [0.5, 0.6) is 5.75 Å². The van der Waals surface area contributed by atoms with E-state index >= 15 is 0 Å². The van der Waals surface area contributed by atoms with Crippen molar-refractivity contribution in [1.82, 2.24) is 4.98 Å². The Kier molecular flexibility index (Phi) is 4.40. The lowest BCUT2D eigenvalue weighted by Gasteiger charge is -2.15. The van der Waals surface area contributed by atoms with Crippen molar-refractivity contribution in [3.63, 3.8) is 0 Å². The monoisotopic (exact) mass is 341 g/mol. The number of para-hydroxylation sites is 1. The molecule has 0 bridgehead atoms. The lowest BCUT2D eigenvalue weighted by molar-refractivity contribution is 0.0699. The highest BCUT2D eigenvalue weighted by Gasteiger charge is 2.16. The van der Waals surface area contributed by atoms with Gasteiger partial charge < -0.3 is 9.84 Å². The van der Waals surface area contributed by atoms with Crippen LogP contribution in [0.25, 0.3) is 22.2 Å². The molecule has 3 rings (SSSR count). The van der Waals surface area contributed by atoms with Crippen LogP contribution in [0.15, 0.2) is 48.5 Å². The second kappa shape index (κ2) is 6.49. The summed E-state index contributed by atoms with van der Waals surface area (Å²) in [6.07, 6.45) is 0.00403. The van der Waals surface area contributed by atoms with Gasteiger partial charge in [0, 0.05) is 16.0 Å². The van der Waals surface area contributed by atoms with Gasteiger partial charge in [0.25, 0.3) is 0 Å². The van der Waals surface area contributed by atoms with Crippen molar-refractivity contribution < 1.29 is 14.6 Å². The second-order valence-electron chi connectivity index (χ2n) is 5.68. The van der Waals surface area contributed by atoms with E-state index in [4.69, 9.17) is 16.3 Å². The highest BCUT2D eigenvalue weighted by atomic mass is 35.5. The fraction of sp³-hybridized carbons (Fsp3) is 0.158. The number of carboxylic acids is 1. The van der Waals surface area contributed by atoms with Crippen molar-refractivity contribution in [2.75, 3.05) is 0 Å². The third-order valence-corrected chi connectivity index (χ3v) is 3.76. The minimum absolute atomic E-state index is 0.00403. The number of ether oxygens (including phenoxy) is 1. The fourth-order valence-electron chi connectivity index (χ4n) is 2.55. The molecule has 2 aromatic carbocycles. The lowest BCUT2D eigenvalue weighted by atomic mass is 10.0. The average Bonchev–Trinajstić information content (AvgIpc) is 2.53. The second-order valence-corrected chi connectivity index (χ2v) is 6.12. The van der Waals surface area contributed by atoms with E-state index in [1.807, 2.05) is 38.1 Å². The van der Waals surface area contributed by atoms with Gasteiger partial charge in [-0.3, -0.25) is 0 Å². The van der Waals surface area contributed by atoms with Crippen LogP contribution in [0.1, 0.15) is 24.2 Å². The van der Waals surface area contributed by atoms with E-state index in [0.717, 1.165) is 5.56 Å². The maximum atomic E-state index is 11.7. The van der Waals surface area contributed by atoms with Gasteiger partial charge in [0.2, 0.25) is 0 Å². The molecule has 1 aromatic heterocycles. The van der Waals surface area contributed by atoms with Gasteiger partial charge in [0.1, 0.15) is 5.75 Å². The predicted molar refractivity (Wildman–Crippen MR) is 94.9 cm³/mol. The molecule has 3 aromatic rings. The number of carbonyl (C=O) groups is 1. The SMILES string of the molecule is CC(C)Oc1ccccc1-c1cc(C(=O)O)c2cc(Cl)ccc2n1. The van der Waals surface area contributed by atoms with Gasteiger partial charge in [-0.2, -0.15) is 0 Å². The van der Waals surface area contributed by atoms with Gasteiger partial charge in [-0.1, -0.05) is 23.7 Å². The van der Waals surface area contributed by atoms with Gasteiger partial charge in [0.05, 0.1) is 22.9 Å². The molecule has 0 saturated heterocycles. The van der Waals surface area contributed by atoms with Crippen LogP contribution in [0.3, 0.4) is 0 Å². The number of benzene rings is 2. The van der Waals surface area contributed by atoms with Gasteiger partial charge in [-0.15, -0.1) is 0 Å². The molecular weight excluding hydrogens is 326 g/mol. The molecule has 0 unspecified atom stereocenters. The fourth-order valence-corrected chi connectivity index (χ4v) is 2.72. The molecule has 122 valence electrons. The average molecular weight is 342 g/mol. The zero-order chi connectivity index (χ0) is 17.3. The first-order chi connectivity index (χ1) is 11.5. The molecule has 5 heteroatoms. The summed E-state index contributed by atoms with van der Waals surface area (Å²) in [5.41, 5.74) is 2.05. The number of hydrogen-bond acceptors (Lipinski definition) is 3. The predicted octanol–water partition coefficient (Wildman–Crippen LogP) is 5.04. The summed E-state index contributed by atoms with van der Waals surface area (Å²) in [7, 11) is 0. The molecule has 0 aliphatic carbocycles. The van der Waals surface area contributed by atoms with Crippen LogP contribution in [0.2, 0.25) is 5.02 Å². The van der Waals surface area contributed by atoms with Crippen molar-refractivity contribution in [3.8, 4) is 17.0 Å². The Hall–Kier alpha value is -2.59. The van der Waals surface area contributed by atoms with Crippen LogP contribution < -0.4 is 4.74 Å². The Bertz CT molecular complexity index is 922. The van der Waals surface area contributed by atoms with E-state index < -0.39 is 5.97 Å². The Morgan fingerprint density at radius 3 is 2.62 bits per heavy atom. The van der Waals surface area contributed by atoms with E-state index in [1.165, 1.54) is 0 Å². The quantitative estimate of drug-likeness (QED) is 0.722. The number of pyridine rings is 1. The van der Waals surface area contributed by atoms with Crippen molar-refractivity contribution in [2.24, 2.45) is 0 Å². The molecule has 1 heterocycles. The molecule has 4 nitrogen and oxygen atoms in total. The molecule has 0 amide bonds. The molecule has 0 fully saturated rings. The number of aromatic nitrogens is 1. The number of fused-ring (bicyclic) bond motifs is 1. The van der Waals surface area contributed by atoms with Gasteiger partial charge >= 0.3 is 5.97 Å². The van der Waals surface area contributed by atoms with Crippen LogP contribution in [0.4, 0.5) is 0 Å². The first-order valence-corrected chi connectivity index (χ1v) is 7.93. The standard InChI is InChI=1S/C19H16ClNO3/c1-11(2)24-18-6-4-3-5-13(18)17-10-15(19(22)23)14-9-12(20)7-8-16(14)21-17/h3-11H,1-2H3,(H,22,23). The van der Waals surface area contributed by atoms with Crippen LogP contribution >= 0.6 is 11.6 Å². The summed E-state index contributed by atoms with van der Waals surface area (Å²) in [6.45, 7) is 3.88. The number of halogens is 1. The zero-order valence-corrected chi connectivity index (χ0v) is 14.0. The third kappa shape index (κ3) is 3.19. The normalized spacial score (nSPS) is 11.0. The Labute approximate surface area is 144 Å². The van der Waals surface area contributed by atoms with E-state index in [2.05, 4.69) is 4.98 Å². The summed E-state index contributed by atoms with van der Waals surface area (Å²) in [4.78, 5) is 16.3. The number of rotatable bonds is 4. The molecule has 0 radical (unpaired) electrons. The maximum Gasteiger partial charge on any atom is 0.336 e. The molecule has 0 aliphatic heterocycles. The Morgan fingerprint density at radius 1 is 1.17 bits per heavy atom.